The molecule has 4 aliphatic carbocycles. The maximum absolute atomic E-state index is 8.11. The minimum absolute atomic E-state index is 0.427. The van der Waals surface area contributed by atoms with Crippen LogP contribution in [0.5, 0.6) is 0 Å². The highest BCUT2D eigenvalue weighted by molar-refractivity contribution is 7.53. The van der Waals surface area contributed by atoms with Crippen LogP contribution in [0.15, 0.2) is 0 Å². The zero-order chi connectivity index (χ0) is 29.7. The predicted octanol–water partition coefficient (Wildman–Crippen LogP) is 9.53. The zero-order valence-corrected chi connectivity index (χ0v) is 37.1. The van der Waals surface area contributed by atoms with Crippen molar-refractivity contribution in [3.05, 3.63) is 0 Å². The molecular weight excluding hydrogens is 601 g/mol. The Labute approximate surface area is 254 Å². The lowest BCUT2D eigenvalue weighted by atomic mass is 9.54. The van der Waals surface area contributed by atoms with Gasteiger partial charge in [0.15, 0.2) is 7.65 Å². The summed E-state index contributed by atoms with van der Waals surface area (Å²) in [5.74, 6) is 4.05. The van der Waals surface area contributed by atoms with Gasteiger partial charge in [-0.15, -0.1) is 0 Å². The summed E-state index contributed by atoms with van der Waals surface area (Å²) in [6.07, 6.45) is 7.81. The van der Waals surface area contributed by atoms with Crippen LogP contribution in [0.2, 0.25) is 99.2 Å². The molecule has 0 atom stereocenters. The molecule has 1 nitrogen and oxygen atoms in total. The van der Waals surface area contributed by atoms with Crippen LogP contribution in [0.25, 0.3) is 0 Å². The first kappa shape index (κ1) is 33.4. The molecule has 0 amide bonds. The van der Waals surface area contributed by atoms with E-state index in [1.807, 2.05) is 0 Å². The van der Waals surface area contributed by atoms with Gasteiger partial charge in [0.25, 0.3) is 0 Å². The quantitative estimate of drug-likeness (QED) is 0.211. The second-order valence-corrected chi connectivity index (χ2v) is 64.0. The maximum Gasteiger partial charge on any atom is 0.180 e. The molecule has 0 aromatic carbocycles. The molecule has 0 N–H and O–H groups in total. The fraction of sp³-hybridized carbons (Fsp3) is 1.00. The maximum atomic E-state index is 8.11. The smallest absolute Gasteiger partial charge is 0.180 e. The molecule has 39 heavy (non-hydrogen) atoms. The van der Waals surface area contributed by atoms with Gasteiger partial charge in [0.2, 0.25) is 0 Å². The topological polar surface area (TPSA) is 9.23 Å². The summed E-state index contributed by atoms with van der Waals surface area (Å²) in [4.78, 5) is 2.25. The Hall–Kier alpha value is 1.54. The van der Waals surface area contributed by atoms with E-state index in [0.717, 1.165) is 44.3 Å². The molecule has 5 aliphatic rings. The van der Waals surface area contributed by atoms with Crippen molar-refractivity contribution < 1.29 is 4.43 Å². The van der Waals surface area contributed by atoms with E-state index in [-0.39, 0.29) is 0 Å². The molecule has 0 aromatic rings. The molecule has 0 aromatic heterocycles. The molecule has 4 fully saturated rings. The second kappa shape index (κ2) is 10.9. The lowest BCUT2D eigenvalue weighted by molar-refractivity contribution is -0.115. The minimum Gasteiger partial charge on any atom is -0.553 e. The van der Waals surface area contributed by atoms with Crippen LogP contribution in [0.1, 0.15) is 59.8 Å². The molecule has 0 unspecified atom stereocenters. The third-order valence-electron chi connectivity index (χ3n) is 11.1. The standard InChI is InChI=1S/C30H66OSi8/c1-22(2)32(28(36(5,6)7)37(8,9)10)34-30(26-18-24-17-25(20-26)21-27(30)19-24)31-35(34)33(23(3)4)29(38(11,12)13)39(14,15)16/h22-29H,17-21H2,1-16H3. The Morgan fingerprint density at radius 2 is 0.897 bits per heavy atom. The fourth-order valence-corrected chi connectivity index (χ4v) is 120. The summed E-state index contributed by atoms with van der Waals surface area (Å²) in [7, 11) is -7.25. The van der Waals surface area contributed by atoms with Gasteiger partial charge >= 0.3 is 0 Å². The highest BCUT2D eigenvalue weighted by atomic mass is 29.6. The lowest BCUT2D eigenvalue weighted by Crippen LogP contribution is -2.81. The summed E-state index contributed by atoms with van der Waals surface area (Å²) in [5.41, 5.74) is 1.84. The average molecular weight is 668 g/mol. The molecule has 4 bridgehead atoms. The van der Waals surface area contributed by atoms with E-state index in [4.69, 9.17) is 4.43 Å². The molecule has 1 aliphatic heterocycles. The Morgan fingerprint density at radius 1 is 0.564 bits per heavy atom. The van der Waals surface area contributed by atoms with E-state index in [1.165, 1.54) is 0 Å². The van der Waals surface area contributed by atoms with Gasteiger partial charge in [-0.3, -0.25) is 0 Å². The van der Waals surface area contributed by atoms with E-state index in [1.54, 1.807) is 32.1 Å². The molecule has 4 saturated carbocycles. The third-order valence-corrected chi connectivity index (χ3v) is 78.3. The van der Waals surface area contributed by atoms with Crippen molar-refractivity contribution in [1.82, 2.24) is 0 Å². The molecule has 1 spiro atoms. The SMILES string of the molecule is CC(C)[Si](C([Si](C)(C)C)[Si](C)(C)C)[Si]1=[Si]([Si](C(C)C)C([Si](C)(C)C)[Si](C)(C)C)C2(O1)C1CC3CC(C1)CC2C3. The van der Waals surface area contributed by atoms with Crippen LogP contribution in [0.3, 0.4) is 0 Å². The van der Waals surface area contributed by atoms with E-state index in [2.05, 4.69) is 106 Å². The van der Waals surface area contributed by atoms with Crippen LogP contribution in [0.4, 0.5) is 0 Å². The number of rotatable bonds is 10. The van der Waals surface area contributed by atoms with Crippen molar-refractivity contribution >= 4 is 64.0 Å². The van der Waals surface area contributed by atoms with Gasteiger partial charge in [-0.05, 0) is 61.3 Å². The van der Waals surface area contributed by atoms with E-state index in [9.17, 15) is 0 Å². The van der Waals surface area contributed by atoms with Crippen molar-refractivity contribution in [2.24, 2.45) is 23.7 Å². The van der Waals surface area contributed by atoms with Crippen LogP contribution in [0, 0.1) is 23.7 Å². The number of hydrogen-bond acceptors (Lipinski definition) is 1. The first-order valence-corrected chi connectivity index (χ1v) is 40.2. The summed E-state index contributed by atoms with van der Waals surface area (Å²) >= 11 is 0. The minimum atomic E-state index is -1.28. The highest BCUT2D eigenvalue weighted by Gasteiger charge is 2.69. The van der Waals surface area contributed by atoms with Gasteiger partial charge in [0.05, 0.1) is 20.9 Å². The van der Waals surface area contributed by atoms with Gasteiger partial charge in [-0.25, -0.2) is 0 Å². The predicted molar refractivity (Wildman–Crippen MR) is 195 cm³/mol. The van der Waals surface area contributed by atoms with Crippen molar-refractivity contribution in [1.29, 1.82) is 0 Å². The van der Waals surface area contributed by atoms with Gasteiger partial charge in [0, 0.05) is 32.3 Å². The highest BCUT2D eigenvalue weighted by Crippen LogP contribution is 2.63. The average Bonchev–Trinajstić information content (AvgIpc) is 2.66. The van der Waals surface area contributed by atoms with Crippen molar-refractivity contribution in [3.8, 4) is 0 Å². The summed E-state index contributed by atoms with van der Waals surface area (Å²) in [6, 6.07) is 0. The zero-order valence-electron chi connectivity index (χ0n) is 29.1. The first-order valence-electron chi connectivity index (χ1n) is 16.7. The van der Waals surface area contributed by atoms with Crippen LogP contribution in [-0.2, 0) is 4.43 Å². The van der Waals surface area contributed by atoms with Crippen molar-refractivity contribution in [2.45, 2.75) is 164 Å². The Balaban J connectivity index is 2.01. The van der Waals surface area contributed by atoms with Crippen molar-refractivity contribution in [2.75, 3.05) is 0 Å². The molecule has 0 saturated heterocycles. The van der Waals surface area contributed by atoms with Crippen LogP contribution < -0.4 is 0 Å². The Bertz CT molecular complexity index is 890. The second-order valence-electron chi connectivity index (χ2n) is 19.5. The van der Waals surface area contributed by atoms with Gasteiger partial charge in [0.1, 0.15) is 8.31 Å². The Morgan fingerprint density at radius 3 is 1.21 bits per heavy atom. The lowest BCUT2D eigenvalue weighted by Gasteiger charge is -2.69. The number of hydrogen-bond donors (Lipinski definition) is 0. The van der Waals surface area contributed by atoms with Crippen molar-refractivity contribution in [3.63, 3.8) is 0 Å². The fourth-order valence-electron chi connectivity index (χ4n) is 11.4. The van der Waals surface area contributed by atoms with Gasteiger partial charge in [-0.1, -0.05) is 121 Å². The van der Waals surface area contributed by atoms with Crippen LogP contribution in [-0.4, -0.2) is 69.2 Å². The van der Waals surface area contributed by atoms with E-state index < -0.39 is 64.0 Å². The summed E-state index contributed by atoms with van der Waals surface area (Å²) in [5, 5.41) is 0.427. The molecule has 2 radical (unpaired) electrons. The molecule has 224 valence electrons. The molecule has 9 heteroatoms. The first-order chi connectivity index (χ1) is 17.5. The van der Waals surface area contributed by atoms with E-state index in [0.29, 0.717) is 5.22 Å². The monoisotopic (exact) mass is 666 g/mol. The Kier molecular flexibility index (Phi) is 9.31. The third kappa shape index (κ3) is 5.98. The summed E-state index contributed by atoms with van der Waals surface area (Å²) < 4.78 is 8.11. The normalized spacial score (nSPS) is 31.6. The van der Waals surface area contributed by atoms with Gasteiger partial charge in [-0.2, -0.15) is 0 Å². The molecule has 1 heterocycles. The summed E-state index contributed by atoms with van der Waals surface area (Å²) in [6.45, 7) is 44.2. The van der Waals surface area contributed by atoms with E-state index >= 15 is 0 Å². The molecule has 5 rings (SSSR count). The van der Waals surface area contributed by atoms with Crippen LogP contribution >= 0.6 is 0 Å². The molecular formula is C30H66OSi8. The van der Waals surface area contributed by atoms with Gasteiger partial charge < -0.3 is 4.43 Å². The largest absolute Gasteiger partial charge is 0.553 e.